The molecular formula is C13H22N2O2S. The zero-order valence-electron chi connectivity index (χ0n) is 11.3. The first-order valence-corrected chi connectivity index (χ1v) is 8.61. The highest BCUT2D eigenvalue weighted by Crippen LogP contribution is 2.22. The molecule has 1 heterocycles. The van der Waals surface area contributed by atoms with E-state index in [1.807, 2.05) is 6.92 Å². The van der Waals surface area contributed by atoms with Crippen molar-refractivity contribution in [3.63, 3.8) is 0 Å². The van der Waals surface area contributed by atoms with Crippen LogP contribution in [0.2, 0.25) is 0 Å². The SMILES string of the molecule is CCS(=O)(=O)CCCn1c(C)nc2c1CCCC2. The fourth-order valence-electron chi connectivity index (χ4n) is 2.62. The Morgan fingerprint density at radius 2 is 2.00 bits per heavy atom. The molecule has 1 aromatic heterocycles. The quantitative estimate of drug-likeness (QED) is 0.821. The van der Waals surface area contributed by atoms with Gasteiger partial charge in [-0.15, -0.1) is 0 Å². The van der Waals surface area contributed by atoms with Crippen molar-refractivity contribution in [3.8, 4) is 0 Å². The zero-order valence-corrected chi connectivity index (χ0v) is 12.1. The number of aryl methyl sites for hydroxylation is 2. The fourth-order valence-corrected chi connectivity index (χ4v) is 3.48. The number of imidazole rings is 1. The molecule has 0 radical (unpaired) electrons. The molecule has 4 nitrogen and oxygen atoms in total. The van der Waals surface area contributed by atoms with Crippen molar-refractivity contribution in [1.29, 1.82) is 0 Å². The fraction of sp³-hybridized carbons (Fsp3) is 0.769. The summed E-state index contributed by atoms with van der Waals surface area (Å²) in [6.07, 6.45) is 5.33. The number of rotatable bonds is 5. The number of aromatic nitrogens is 2. The summed E-state index contributed by atoms with van der Waals surface area (Å²) in [4.78, 5) is 4.60. The summed E-state index contributed by atoms with van der Waals surface area (Å²) in [5, 5.41) is 0. The maximum atomic E-state index is 11.5. The minimum Gasteiger partial charge on any atom is -0.332 e. The number of sulfone groups is 1. The number of nitrogens with zero attached hydrogens (tertiary/aromatic N) is 2. The summed E-state index contributed by atoms with van der Waals surface area (Å²) < 4.78 is 25.2. The van der Waals surface area contributed by atoms with Crippen molar-refractivity contribution >= 4 is 9.84 Å². The first-order chi connectivity index (χ1) is 8.53. The summed E-state index contributed by atoms with van der Waals surface area (Å²) in [6, 6.07) is 0. The molecule has 0 aliphatic heterocycles. The van der Waals surface area contributed by atoms with E-state index in [-0.39, 0.29) is 11.5 Å². The molecule has 0 bridgehead atoms. The third kappa shape index (κ3) is 2.94. The van der Waals surface area contributed by atoms with Crippen LogP contribution >= 0.6 is 0 Å². The predicted molar refractivity (Wildman–Crippen MR) is 72.6 cm³/mol. The van der Waals surface area contributed by atoms with Gasteiger partial charge >= 0.3 is 0 Å². The van der Waals surface area contributed by atoms with Gasteiger partial charge in [-0.3, -0.25) is 0 Å². The number of fused-ring (bicyclic) bond motifs is 1. The van der Waals surface area contributed by atoms with E-state index in [2.05, 4.69) is 9.55 Å². The molecule has 0 saturated carbocycles. The summed E-state index contributed by atoms with van der Waals surface area (Å²) >= 11 is 0. The molecule has 0 N–H and O–H groups in total. The van der Waals surface area contributed by atoms with Crippen molar-refractivity contribution in [2.75, 3.05) is 11.5 Å². The van der Waals surface area contributed by atoms with Crippen molar-refractivity contribution in [1.82, 2.24) is 9.55 Å². The monoisotopic (exact) mass is 270 g/mol. The molecule has 0 aromatic carbocycles. The van der Waals surface area contributed by atoms with E-state index in [1.165, 1.54) is 24.2 Å². The summed E-state index contributed by atoms with van der Waals surface area (Å²) in [6.45, 7) is 4.51. The standard InChI is InChI=1S/C13H22N2O2S/c1-3-18(16,17)10-6-9-15-11(2)14-12-7-4-5-8-13(12)15/h3-10H2,1-2H3. The van der Waals surface area contributed by atoms with Crippen LogP contribution in [0.25, 0.3) is 0 Å². The molecule has 1 aliphatic rings. The van der Waals surface area contributed by atoms with Crippen molar-refractivity contribution in [2.24, 2.45) is 0 Å². The highest BCUT2D eigenvalue weighted by Gasteiger charge is 2.18. The van der Waals surface area contributed by atoms with Crippen molar-refractivity contribution in [3.05, 3.63) is 17.2 Å². The Bertz CT molecular complexity index is 517. The molecule has 5 heteroatoms. The topological polar surface area (TPSA) is 52.0 Å². The Kier molecular flexibility index (Phi) is 4.10. The molecule has 0 amide bonds. The second-order valence-electron chi connectivity index (χ2n) is 5.00. The largest absolute Gasteiger partial charge is 0.332 e. The molecule has 0 spiro atoms. The van der Waals surface area contributed by atoms with Gasteiger partial charge in [-0.1, -0.05) is 6.92 Å². The Morgan fingerprint density at radius 1 is 1.28 bits per heavy atom. The van der Waals surface area contributed by atoms with E-state index in [4.69, 9.17) is 0 Å². The maximum Gasteiger partial charge on any atom is 0.150 e. The lowest BCUT2D eigenvalue weighted by molar-refractivity contribution is 0.571. The lowest BCUT2D eigenvalue weighted by Gasteiger charge is -2.14. The van der Waals surface area contributed by atoms with Crippen molar-refractivity contribution in [2.45, 2.75) is 52.5 Å². The number of hydrogen-bond donors (Lipinski definition) is 0. The summed E-state index contributed by atoms with van der Waals surface area (Å²) in [5.41, 5.74) is 2.57. The summed E-state index contributed by atoms with van der Waals surface area (Å²) in [5.74, 6) is 1.57. The van der Waals surface area contributed by atoms with Gasteiger partial charge < -0.3 is 4.57 Å². The van der Waals surface area contributed by atoms with E-state index in [0.717, 1.165) is 25.2 Å². The first-order valence-electron chi connectivity index (χ1n) is 6.79. The van der Waals surface area contributed by atoms with Gasteiger partial charge in [-0.2, -0.15) is 0 Å². The zero-order chi connectivity index (χ0) is 13.2. The maximum absolute atomic E-state index is 11.5. The minimum absolute atomic E-state index is 0.244. The van der Waals surface area contributed by atoms with Gasteiger partial charge in [-0.25, -0.2) is 13.4 Å². The molecule has 0 fully saturated rings. The third-order valence-electron chi connectivity index (χ3n) is 3.70. The third-order valence-corrected chi connectivity index (χ3v) is 5.49. The highest BCUT2D eigenvalue weighted by molar-refractivity contribution is 7.91. The minimum atomic E-state index is -2.84. The van der Waals surface area contributed by atoms with Gasteiger partial charge in [0.05, 0.1) is 11.4 Å². The lowest BCUT2D eigenvalue weighted by atomic mass is 10.0. The molecule has 2 rings (SSSR count). The average molecular weight is 270 g/mol. The van der Waals surface area contributed by atoms with Gasteiger partial charge in [0.2, 0.25) is 0 Å². The van der Waals surface area contributed by atoms with Crippen LogP contribution in [0.3, 0.4) is 0 Å². The van der Waals surface area contributed by atoms with Crippen LogP contribution in [0, 0.1) is 6.92 Å². The van der Waals surface area contributed by atoms with Gasteiger partial charge in [0.25, 0.3) is 0 Å². The molecular weight excluding hydrogens is 248 g/mol. The summed E-state index contributed by atoms with van der Waals surface area (Å²) in [7, 11) is -2.84. The van der Waals surface area contributed by atoms with Crippen LogP contribution in [-0.4, -0.2) is 29.5 Å². The van der Waals surface area contributed by atoms with Gasteiger partial charge in [0.15, 0.2) is 0 Å². The van der Waals surface area contributed by atoms with E-state index in [9.17, 15) is 8.42 Å². The van der Waals surface area contributed by atoms with E-state index in [0.29, 0.717) is 6.42 Å². The Balaban J connectivity index is 2.04. The molecule has 0 unspecified atom stereocenters. The predicted octanol–water partition coefficient (Wildman–Crippen LogP) is 1.90. The second-order valence-corrected chi connectivity index (χ2v) is 7.47. The lowest BCUT2D eigenvalue weighted by Crippen LogP contribution is -2.14. The van der Waals surface area contributed by atoms with Gasteiger partial charge in [-0.05, 0) is 39.0 Å². The van der Waals surface area contributed by atoms with E-state index < -0.39 is 9.84 Å². The molecule has 0 saturated heterocycles. The van der Waals surface area contributed by atoms with Crippen LogP contribution in [-0.2, 0) is 29.2 Å². The van der Waals surface area contributed by atoms with E-state index in [1.54, 1.807) is 6.92 Å². The Hall–Kier alpha value is -0.840. The van der Waals surface area contributed by atoms with Crippen LogP contribution in [0.4, 0.5) is 0 Å². The van der Waals surface area contributed by atoms with Crippen molar-refractivity contribution < 1.29 is 8.42 Å². The van der Waals surface area contributed by atoms with Crippen LogP contribution in [0.5, 0.6) is 0 Å². The first kappa shape index (κ1) is 13.6. The molecule has 18 heavy (non-hydrogen) atoms. The molecule has 1 aromatic rings. The smallest absolute Gasteiger partial charge is 0.150 e. The van der Waals surface area contributed by atoms with Crippen LogP contribution in [0.1, 0.15) is 43.4 Å². The Labute approximate surface area is 109 Å². The second kappa shape index (κ2) is 5.43. The normalized spacial score (nSPS) is 15.7. The van der Waals surface area contributed by atoms with Gasteiger partial charge in [0.1, 0.15) is 15.7 Å². The van der Waals surface area contributed by atoms with Gasteiger partial charge in [0, 0.05) is 18.0 Å². The molecule has 1 aliphatic carbocycles. The highest BCUT2D eigenvalue weighted by atomic mass is 32.2. The van der Waals surface area contributed by atoms with Crippen LogP contribution < -0.4 is 0 Å². The van der Waals surface area contributed by atoms with E-state index >= 15 is 0 Å². The van der Waals surface area contributed by atoms with Crippen LogP contribution in [0.15, 0.2) is 0 Å². The molecule has 102 valence electrons. The average Bonchev–Trinajstić information content (AvgIpc) is 2.66. The Morgan fingerprint density at radius 3 is 2.72 bits per heavy atom. The molecule has 0 atom stereocenters. The number of hydrogen-bond acceptors (Lipinski definition) is 3.